The molecule has 1 aromatic heterocycles. The largest absolute Gasteiger partial charge is 0.326 e. The fourth-order valence-corrected chi connectivity index (χ4v) is 1.35. The third-order valence-corrected chi connectivity index (χ3v) is 2.71. The molecule has 0 amide bonds. The van der Waals surface area contributed by atoms with Gasteiger partial charge in [0.2, 0.25) is 0 Å². The van der Waals surface area contributed by atoms with E-state index in [1.807, 2.05) is 25.6 Å². The number of nitrogens with zero attached hydrogens (tertiary/aromatic N) is 2. The summed E-state index contributed by atoms with van der Waals surface area (Å²) in [5.41, 5.74) is 1.11. The van der Waals surface area contributed by atoms with Crippen molar-refractivity contribution in [3.05, 3.63) is 30.9 Å². The maximum absolute atomic E-state index is 4.18. The quantitative estimate of drug-likeness (QED) is 0.742. The zero-order valence-corrected chi connectivity index (χ0v) is 9.41. The molecular weight excluding hydrogens is 174 g/mol. The molecule has 1 atom stereocenters. The number of hydrogen-bond donors (Lipinski definition) is 1. The monoisotopic (exact) mass is 193 g/mol. The molecule has 1 aromatic rings. The van der Waals surface area contributed by atoms with Crippen LogP contribution in [-0.4, -0.2) is 16.6 Å². The standard InChI is InChI=1S/C11H19N3/c1-6-9(2)14-8-13-7-10(14)11(3,4)12-5/h6-9,12H,1H2,2-5H3. The van der Waals surface area contributed by atoms with Crippen LogP contribution in [0, 0.1) is 0 Å². The Kier molecular flexibility index (Phi) is 3.11. The second-order valence-electron chi connectivity index (χ2n) is 4.04. The molecule has 1 N–H and O–H groups in total. The van der Waals surface area contributed by atoms with Crippen molar-refractivity contribution in [3.63, 3.8) is 0 Å². The first kappa shape index (κ1) is 11.0. The average molecular weight is 193 g/mol. The van der Waals surface area contributed by atoms with Gasteiger partial charge in [-0.15, -0.1) is 6.58 Å². The van der Waals surface area contributed by atoms with Gasteiger partial charge in [0.05, 0.1) is 23.8 Å². The van der Waals surface area contributed by atoms with E-state index in [0.29, 0.717) is 0 Å². The number of nitrogens with one attached hydrogen (secondary N) is 1. The number of hydrogen-bond acceptors (Lipinski definition) is 2. The topological polar surface area (TPSA) is 29.9 Å². The number of allylic oxidation sites excluding steroid dienone is 1. The minimum atomic E-state index is -0.0617. The second-order valence-corrected chi connectivity index (χ2v) is 4.04. The molecule has 0 fully saturated rings. The Morgan fingerprint density at radius 2 is 2.29 bits per heavy atom. The molecule has 0 radical (unpaired) electrons. The zero-order chi connectivity index (χ0) is 10.8. The zero-order valence-electron chi connectivity index (χ0n) is 9.41. The van der Waals surface area contributed by atoms with Crippen LogP contribution in [0.4, 0.5) is 0 Å². The van der Waals surface area contributed by atoms with Crippen LogP contribution in [-0.2, 0) is 5.54 Å². The Labute approximate surface area is 85.8 Å². The number of imidazole rings is 1. The van der Waals surface area contributed by atoms with Crippen LogP contribution in [0.5, 0.6) is 0 Å². The Hall–Kier alpha value is -1.09. The third-order valence-electron chi connectivity index (χ3n) is 2.71. The van der Waals surface area contributed by atoms with Gasteiger partial charge < -0.3 is 9.88 Å². The maximum atomic E-state index is 4.18. The molecule has 0 aliphatic carbocycles. The van der Waals surface area contributed by atoms with E-state index < -0.39 is 0 Å². The predicted molar refractivity (Wildman–Crippen MR) is 59.2 cm³/mol. The first-order valence-electron chi connectivity index (χ1n) is 4.86. The molecule has 0 aliphatic rings. The van der Waals surface area contributed by atoms with E-state index in [1.165, 1.54) is 5.69 Å². The lowest BCUT2D eigenvalue weighted by Gasteiger charge is -2.27. The van der Waals surface area contributed by atoms with Crippen LogP contribution >= 0.6 is 0 Å². The summed E-state index contributed by atoms with van der Waals surface area (Å²) < 4.78 is 2.13. The van der Waals surface area contributed by atoms with Crippen molar-refractivity contribution >= 4 is 0 Å². The van der Waals surface area contributed by atoms with Gasteiger partial charge in [0.1, 0.15) is 0 Å². The van der Waals surface area contributed by atoms with Crippen molar-refractivity contribution in [2.24, 2.45) is 0 Å². The van der Waals surface area contributed by atoms with Gasteiger partial charge >= 0.3 is 0 Å². The van der Waals surface area contributed by atoms with Gasteiger partial charge in [-0.05, 0) is 27.8 Å². The van der Waals surface area contributed by atoms with Crippen molar-refractivity contribution in [2.75, 3.05) is 7.05 Å². The van der Waals surface area contributed by atoms with Gasteiger partial charge in [-0.3, -0.25) is 0 Å². The van der Waals surface area contributed by atoms with E-state index in [0.717, 1.165) is 0 Å². The summed E-state index contributed by atoms with van der Waals surface area (Å²) in [5, 5.41) is 3.27. The van der Waals surface area contributed by atoms with E-state index in [4.69, 9.17) is 0 Å². The van der Waals surface area contributed by atoms with Crippen molar-refractivity contribution in [2.45, 2.75) is 32.4 Å². The van der Waals surface area contributed by atoms with Gasteiger partial charge in [0.15, 0.2) is 0 Å². The van der Waals surface area contributed by atoms with Crippen LogP contribution in [0.1, 0.15) is 32.5 Å². The van der Waals surface area contributed by atoms with Crippen LogP contribution < -0.4 is 5.32 Å². The fourth-order valence-electron chi connectivity index (χ4n) is 1.35. The summed E-state index contributed by atoms with van der Waals surface area (Å²) in [5.74, 6) is 0. The first-order valence-corrected chi connectivity index (χ1v) is 4.86. The van der Waals surface area contributed by atoms with E-state index in [1.54, 1.807) is 0 Å². The van der Waals surface area contributed by atoms with Gasteiger partial charge in [0, 0.05) is 6.04 Å². The van der Waals surface area contributed by atoms with Crippen LogP contribution in [0.3, 0.4) is 0 Å². The highest BCUT2D eigenvalue weighted by Gasteiger charge is 2.23. The lowest BCUT2D eigenvalue weighted by molar-refractivity contribution is 0.403. The molecule has 1 unspecified atom stereocenters. The van der Waals surface area contributed by atoms with Gasteiger partial charge in [-0.25, -0.2) is 4.98 Å². The molecular formula is C11H19N3. The molecule has 3 heteroatoms. The van der Waals surface area contributed by atoms with Crippen LogP contribution in [0.2, 0.25) is 0 Å². The van der Waals surface area contributed by atoms with Crippen LogP contribution in [0.25, 0.3) is 0 Å². The minimum absolute atomic E-state index is 0.0617. The van der Waals surface area contributed by atoms with Crippen molar-refractivity contribution in [1.82, 2.24) is 14.9 Å². The molecule has 14 heavy (non-hydrogen) atoms. The van der Waals surface area contributed by atoms with E-state index in [-0.39, 0.29) is 11.6 Å². The third kappa shape index (κ3) is 1.87. The molecule has 0 aromatic carbocycles. The van der Waals surface area contributed by atoms with Crippen molar-refractivity contribution in [3.8, 4) is 0 Å². The number of rotatable bonds is 4. The molecule has 0 spiro atoms. The molecule has 78 valence electrons. The second kappa shape index (κ2) is 3.96. The van der Waals surface area contributed by atoms with E-state index >= 15 is 0 Å². The highest BCUT2D eigenvalue weighted by atomic mass is 15.1. The molecule has 0 saturated carbocycles. The Balaban J connectivity index is 3.10. The lowest BCUT2D eigenvalue weighted by Crippen LogP contribution is -2.35. The van der Waals surface area contributed by atoms with Gasteiger partial charge in [-0.1, -0.05) is 6.08 Å². The normalized spacial score (nSPS) is 14.0. The molecule has 3 nitrogen and oxygen atoms in total. The maximum Gasteiger partial charge on any atom is 0.0954 e. The summed E-state index contributed by atoms with van der Waals surface area (Å²) >= 11 is 0. The summed E-state index contributed by atoms with van der Waals surface area (Å²) in [6, 6.07) is 0.278. The Morgan fingerprint density at radius 1 is 1.64 bits per heavy atom. The van der Waals surface area contributed by atoms with E-state index in [9.17, 15) is 0 Å². The highest BCUT2D eigenvalue weighted by molar-refractivity contribution is 5.13. The van der Waals surface area contributed by atoms with Gasteiger partial charge in [0.25, 0.3) is 0 Å². The average Bonchev–Trinajstić information content (AvgIpc) is 2.65. The van der Waals surface area contributed by atoms with Crippen molar-refractivity contribution in [1.29, 1.82) is 0 Å². The predicted octanol–water partition coefficient (Wildman–Crippen LogP) is 2.08. The molecule has 0 aliphatic heterocycles. The van der Waals surface area contributed by atoms with Crippen molar-refractivity contribution < 1.29 is 0 Å². The summed E-state index contributed by atoms with van der Waals surface area (Å²) in [7, 11) is 1.95. The van der Waals surface area contributed by atoms with E-state index in [2.05, 4.69) is 42.2 Å². The van der Waals surface area contributed by atoms with Crippen LogP contribution in [0.15, 0.2) is 25.2 Å². The summed E-state index contributed by atoms with van der Waals surface area (Å²) in [6.07, 6.45) is 5.66. The summed E-state index contributed by atoms with van der Waals surface area (Å²) in [6.45, 7) is 10.2. The first-order chi connectivity index (χ1) is 6.53. The molecule has 0 bridgehead atoms. The summed E-state index contributed by atoms with van der Waals surface area (Å²) in [4.78, 5) is 4.18. The van der Waals surface area contributed by atoms with Gasteiger partial charge in [-0.2, -0.15) is 0 Å². The molecule has 1 rings (SSSR count). The SMILES string of the molecule is C=CC(C)n1cncc1C(C)(C)NC. The minimum Gasteiger partial charge on any atom is -0.326 e. The lowest BCUT2D eigenvalue weighted by atomic mass is 10.0. The smallest absolute Gasteiger partial charge is 0.0954 e. The highest BCUT2D eigenvalue weighted by Crippen LogP contribution is 2.22. The molecule has 0 saturated heterocycles. The Bertz CT molecular complexity index is 312. The molecule has 1 heterocycles. The number of aromatic nitrogens is 2. The fraction of sp³-hybridized carbons (Fsp3) is 0.545. The Morgan fingerprint density at radius 3 is 2.79 bits per heavy atom.